The zero-order valence-electron chi connectivity index (χ0n) is 9.20. The van der Waals surface area contributed by atoms with E-state index in [0.29, 0.717) is 5.56 Å². The number of methoxy groups -OCH3 is 1. The quantitative estimate of drug-likeness (QED) is 0.640. The SMILES string of the molecule is COc1cc(C=NC(CO)C(=O)O)ccc1O. The molecule has 1 aromatic carbocycles. The fraction of sp³-hybridized carbons (Fsp3) is 0.273. The molecule has 1 atom stereocenters. The number of carboxylic acids is 1. The normalized spacial score (nSPS) is 12.6. The van der Waals surface area contributed by atoms with E-state index in [1.165, 1.54) is 25.5 Å². The first-order valence-electron chi connectivity index (χ1n) is 4.82. The first-order chi connectivity index (χ1) is 8.08. The zero-order chi connectivity index (χ0) is 12.8. The van der Waals surface area contributed by atoms with Crippen molar-refractivity contribution in [1.29, 1.82) is 0 Å². The number of benzene rings is 1. The summed E-state index contributed by atoms with van der Waals surface area (Å²) >= 11 is 0. The number of carboxylic acid groups (broad SMARTS) is 1. The number of aromatic hydroxyl groups is 1. The average Bonchev–Trinajstić information content (AvgIpc) is 2.31. The van der Waals surface area contributed by atoms with Crippen LogP contribution >= 0.6 is 0 Å². The predicted octanol–water partition coefficient (Wildman–Crippen LogP) is 0.265. The maximum absolute atomic E-state index is 10.6. The molecule has 1 aromatic rings. The van der Waals surface area contributed by atoms with Crippen molar-refractivity contribution in [3.8, 4) is 11.5 Å². The number of carbonyl (C=O) groups is 1. The summed E-state index contributed by atoms with van der Waals surface area (Å²) in [4.78, 5) is 14.3. The minimum atomic E-state index is -1.20. The van der Waals surface area contributed by atoms with Crippen LogP contribution in [0.25, 0.3) is 0 Å². The number of aliphatic carboxylic acids is 1. The summed E-state index contributed by atoms with van der Waals surface area (Å²) in [6.45, 7) is -0.568. The third kappa shape index (κ3) is 3.46. The maximum Gasteiger partial charge on any atom is 0.330 e. The Labute approximate surface area is 97.8 Å². The Bertz CT molecular complexity index is 430. The highest BCUT2D eigenvalue weighted by molar-refractivity contribution is 5.84. The molecule has 92 valence electrons. The molecule has 0 spiro atoms. The number of ether oxygens (including phenoxy) is 1. The standard InChI is InChI=1S/C11H13NO5/c1-17-10-4-7(2-3-9(10)14)5-12-8(6-13)11(15)16/h2-5,8,13-14H,6H2,1H3,(H,15,16). The molecule has 1 unspecified atom stereocenters. The fourth-order valence-electron chi connectivity index (χ4n) is 1.14. The molecule has 1 rings (SSSR count). The first-order valence-corrected chi connectivity index (χ1v) is 4.82. The molecular weight excluding hydrogens is 226 g/mol. The molecular formula is C11H13NO5. The van der Waals surface area contributed by atoms with Gasteiger partial charge in [0.2, 0.25) is 0 Å². The van der Waals surface area contributed by atoms with Gasteiger partial charge in [0.05, 0.1) is 13.7 Å². The Morgan fingerprint density at radius 2 is 2.29 bits per heavy atom. The van der Waals surface area contributed by atoms with Crippen molar-refractivity contribution in [2.75, 3.05) is 13.7 Å². The molecule has 0 bridgehead atoms. The lowest BCUT2D eigenvalue weighted by atomic mass is 10.2. The van der Waals surface area contributed by atoms with Gasteiger partial charge in [0.15, 0.2) is 17.5 Å². The molecule has 0 aliphatic heterocycles. The molecule has 0 fully saturated rings. The monoisotopic (exact) mass is 239 g/mol. The van der Waals surface area contributed by atoms with Gasteiger partial charge in [0.1, 0.15) is 0 Å². The summed E-state index contributed by atoms with van der Waals surface area (Å²) < 4.78 is 4.89. The van der Waals surface area contributed by atoms with Crippen molar-refractivity contribution in [2.45, 2.75) is 6.04 Å². The van der Waals surface area contributed by atoms with E-state index in [0.717, 1.165) is 0 Å². The minimum absolute atomic E-state index is 0.0124. The number of phenols is 1. The summed E-state index contributed by atoms with van der Waals surface area (Å²) in [5.41, 5.74) is 0.569. The van der Waals surface area contributed by atoms with Gasteiger partial charge in [-0.2, -0.15) is 0 Å². The Balaban J connectivity index is 2.87. The number of phenolic OH excluding ortho intramolecular Hbond substituents is 1. The van der Waals surface area contributed by atoms with Gasteiger partial charge in [-0.3, -0.25) is 4.99 Å². The van der Waals surface area contributed by atoms with E-state index in [2.05, 4.69) is 4.99 Å². The highest BCUT2D eigenvalue weighted by Gasteiger charge is 2.13. The van der Waals surface area contributed by atoms with Gasteiger partial charge >= 0.3 is 5.97 Å². The molecule has 0 radical (unpaired) electrons. The Morgan fingerprint density at radius 3 is 2.82 bits per heavy atom. The van der Waals surface area contributed by atoms with Gasteiger partial charge in [0, 0.05) is 6.21 Å². The minimum Gasteiger partial charge on any atom is -0.504 e. The van der Waals surface area contributed by atoms with Crippen LogP contribution < -0.4 is 4.74 Å². The van der Waals surface area contributed by atoms with E-state index in [-0.39, 0.29) is 11.5 Å². The molecule has 3 N–H and O–H groups in total. The Hall–Kier alpha value is -2.08. The Kier molecular flexibility index (Phi) is 4.47. The van der Waals surface area contributed by atoms with Crippen LogP contribution in [0.2, 0.25) is 0 Å². The topological polar surface area (TPSA) is 99.4 Å². The highest BCUT2D eigenvalue weighted by Crippen LogP contribution is 2.25. The van der Waals surface area contributed by atoms with Crippen LogP contribution in [0.5, 0.6) is 11.5 Å². The lowest BCUT2D eigenvalue weighted by Crippen LogP contribution is -2.22. The summed E-state index contributed by atoms with van der Waals surface area (Å²) in [6.07, 6.45) is 1.30. The van der Waals surface area contributed by atoms with E-state index >= 15 is 0 Å². The van der Waals surface area contributed by atoms with Gasteiger partial charge < -0.3 is 20.1 Å². The van der Waals surface area contributed by atoms with E-state index in [9.17, 15) is 9.90 Å². The van der Waals surface area contributed by atoms with Crippen LogP contribution in [0, 0.1) is 0 Å². The number of rotatable bonds is 5. The van der Waals surface area contributed by atoms with Gasteiger partial charge in [-0.05, 0) is 23.8 Å². The highest BCUT2D eigenvalue weighted by atomic mass is 16.5. The number of aliphatic hydroxyl groups is 1. The van der Waals surface area contributed by atoms with Crippen LogP contribution in [-0.4, -0.2) is 47.3 Å². The van der Waals surface area contributed by atoms with Crippen molar-refractivity contribution in [1.82, 2.24) is 0 Å². The second kappa shape index (κ2) is 5.86. The van der Waals surface area contributed by atoms with Crippen LogP contribution in [-0.2, 0) is 4.79 Å². The van der Waals surface area contributed by atoms with E-state index in [4.69, 9.17) is 14.9 Å². The van der Waals surface area contributed by atoms with Crippen LogP contribution in [0.4, 0.5) is 0 Å². The smallest absolute Gasteiger partial charge is 0.330 e. The third-order valence-corrected chi connectivity index (χ3v) is 2.07. The molecule has 0 aliphatic rings. The summed E-state index contributed by atoms with van der Waals surface area (Å²) in [7, 11) is 1.41. The van der Waals surface area contributed by atoms with Gasteiger partial charge in [-0.25, -0.2) is 4.79 Å². The predicted molar refractivity (Wildman–Crippen MR) is 60.8 cm³/mol. The molecule has 6 heteroatoms. The van der Waals surface area contributed by atoms with Crippen molar-refractivity contribution in [2.24, 2.45) is 4.99 Å². The lowest BCUT2D eigenvalue weighted by Gasteiger charge is -2.04. The van der Waals surface area contributed by atoms with E-state index < -0.39 is 18.6 Å². The van der Waals surface area contributed by atoms with Gasteiger partial charge in [0.25, 0.3) is 0 Å². The van der Waals surface area contributed by atoms with Gasteiger partial charge in [-0.1, -0.05) is 0 Å². The molecule has 0 saturated carbocycles. The van der Waals surface area contributed by atoms with Crippen LogP contribution in [0.1, 0.15) is 5.56 Å². The maximum atomic E-state index is 10.6. The van der Waals surface area contributed by atoms with Crippen LogP contribution in [0.3, 0.4) is 0 Å². The molecule has 0 aliphatic carbocycles. The molecule has 0 heterocycles. The average molecular weight is 239 g/mol. The summed E-state index contributed by atoms with van der Waals surface area (Å²) in [5.74, 6) is -0.944. The number of nitrogens with zero attached hydrogens (tertiary/aromatic N) is 1. The molecule has 0 saturated heterocycles. The zero-order valence-corrected chi connectivity index (χ0v) is 9.20. The second-order valence-corrected chi connectivity index (χ2v) is 3.25. The number of hydrogen-bond donors (Lipinski definition) is 3. The van der Waals surface area contributed by atoms with Gasteiger partial charge in [-0.15, -0.1) is 0 Å². The largest absolute Gasteiger partial charge is 0.504 e. The molecule has 17 heavy (non-hydrogen) atoms. The number of aliphatic hydroxyl groups excluding tert-OH is 1. The first kappa shape index (κ1) is 13.0. The Morgan fingerprint density at radius 1 is 1.59 bits per heavy atom. The molecule has 0 aromatic heterocycles. The number of aliphatic imine (C=N–C) groups is 1. The van der Waals surface area contributed by atoms with Crippen molar-refractivity contribution < 1.29 is 24.9 Å². The van der Waals surface area contributed by atoms with Crippen molar-refractivity contribution in [3.63, 3.8) is 0 Å². The van der Waals surface area contributed by atoms with Crippen molar-refractivity contribution in [3.05, 3.63) is 23.8 Å². The summed E-state index contributed by atoms with van der Waals surface area (Å²) in [6, 6.07) is 3.29. The molecule has 0 amide bonds. The van der Waals surface area contributed by atoms with Crippen LogP contribution in [0.15, 0.2) is 23.2 Å². The number of hydrogen-bond acceptors (Lipinski definition) is 5. The van der Waals surface area contributed by atoms with E-state index in [1.807, 2.05) is 0 Å². The summed E-state index contributed by atoms with van der Waals surface area (Å²) in [5, 5.41) is 26.8. The molecule has 6 nitrogen and oxygen atoms in total. The van der Waals surface area contributed by atoms with E-state index in [1.54, 1.807) is 6.07 Å². The van der Waals surface area contributed by atoms with Crippen molar-refractivity contribution >= 4 is 12.2 Å². The fourth-order valence-corrected chi connectivity index (χ4v) is 1.14. The second-order valence-electron chi connectivity index (χ2n) is 3.25. The lowest BCUT2D eigenvalue weighted by molar-refractivity contribution is -0.139. The third-order valence-electron chi connectivity index (χ3n) is 2.07.